The topological polar surface area (TPSA) is 22.3 Å². The average molecular weight is 690 g/mol. The first-order valence-corrected chi connectivity index (χ1v) is 17.6. The number of rotatable bonds is 8. The molecule has 8 aromatic carbocycles. The van der Waals surface area contributed by atoms with Crippen LogP contribution in [0, 0.1) is 11.6 Å². The van der Waals surface area contributed by atoms with E-state index in [1.54, 1.807) is 24.3 Å². The standard InChI is InChI=1S/C48H33F2N3/c49-43-15-7-9-17-47(43)52(37-11-3-1-4-12-37)39-25-19-33(20-26-39)35-23-29-45-41(31-35)42-32-36(24-30-46(42)51-45)34-21-27-40(28-22-34)53(38-13-5-2-6-14-38)48-18-10-8-16-44(48)50/h1-32,51H. The first kappa shape index (κ1) is 32.0. The molecule has 254 valence electrons. The van der Waals surface area contributed by atoms with Gasteiger partial charge in [0.1, 0.15) is 11.6 Å². The van der Waals surface area contributed by atoms with Crippen molar-refractivity contribution in [3.63, 3.8) is 0 Å². The number of nitrogens with zero attached hydrogens (tertiary/aromatic N) is 2. The molecule has 0 saturated heterocycles. The van der Waals surface area contributed by atoms with E-state index >= 15 is 8.78 Å². The van der Waals surface area contributed by atoms with Crippen molar-refractivity contribution in [1.82, 2.24) is 4.98 Å². The summed E-state index contributed by atoms with van der Waals surface area (Å²) in [6.07, 6.45) is 0. The van der Waals surface area contributed by atoms with Crippen LogP contribution in [-0.4, -0.2) is 4.98 Å². The van der Waals surface area contributed by atoms with E-state index in [4.69, 9.17) is 0 Å². The molecule has 0 bridgehead atoms. The zero-order chi connectivity index (χ0) is 35.7. The Kier molecular flexibility index (Phi) is 8.22. The lowest BCUT2D eigenvalue weighted by atomic mass is 9.99. The fourth-order valence-corrected chi connectivity index (χ4v) is 7.14. The molecule has 0 aliphatic heterocycles. The van der Waals surface area contributed by atoms with Crippen molar-refractivity contribution in [3.05, 3.63) is 206 Å². The third kappa shape index (κ3) is 6.08. The Labute approximate surface area is 306 Å². The predicted molar refractivity (Wildman–Crippen MR) is 216 cm³/mol. The minimum absolute atomic E-state index is 0.280. The van der Waals surface area contributed by atoms with Gasteiger partial charge in [-0.05, 0) is 119 Å². The van der Waals surface area contributed by atoms with E-state index in [9.17, 15) is 0 Å². The molecular formula is C48H33F2N3. The summed E-state index contributed by atoms with van der Waals surface area (Å²) >= 11 is 0. The van der Waals surface area contributed by atoms with Crippen LogP contribution in [0.2, 0.25) is 0 Å². The van der Waals surface area contributed by atoms with Crippen LogP contribution in [0.1, 0.15) is 0 Å². The van der Waals surface area contributed by atoms with Crippen LogP contribution in [-0.2, 0) is 0 Å². The van der Waals surface area contributed by atoms with Crippen molar-refractivity contribution in [1.29, 1.82) is 0 Å². The summed E-state index contributed by atoms with van der Waals surface area (Å²) in [5.41, 5.74) is 10.9. The van der Waals surface area contributed by atoms with Gasteiger partial charge in [0.2, 0.25) is 0 Å². The summed E-state index contributed by atoms with van der Waals surface area (Å²) in [5.74, 6) is -0.561. The molecule has 1 heterocycles. The zero-order valence-corrected chi connectivity index (χ0v) is 28.6. The van der Waals surface area contributed by atoms with Gasteiger partial charge in [-0.3, -0.25) is 0 Å². The SMILES string of the molecule is Fc1ccccc1N(c1ccccc1)c1ccc(-c2ccc3[nH]c4ccc(-c5ccc(N(c6ccccc6)c6ccccc6F)cc5)cc4c3c2)cc1. The number of hydrogen-bond acceptors (Lipinski definition) is 2. The summed E-state index contributed by atoms with van der Waals surface area (Å²) in [7, 11) is 0. The largest absolute Gasteiger partial charge is 0.355 e. The van der Waals surface area contributed by atoms with Gasteiger partial charge < -0.3 is 14.8 Å². The second kappa shape index (κ2) is 13.6. The van der Waals surface area contributed by atoms with Crippen molar-refractivity contribution in [2.75, 3.05) is 9.80 Å². The Morgan fingerprint density at radius 3 is 1.06 bits per heavy atom. The van der Waals surface area contributed by atoms with Gasteiger partial charge in [-0.15, -0.1) is 0 Å². The van der Waals surface area contributed by atoms with E-state index in [0.717, 1.165) is 66.8 Å². The summed E-state index contributed by atoms with van der Waals surface area (Å²) in [6, 6.07) is 62.9. The number of anilines is 6. The van der Waals surface area contributed by atoms with Crippen LogP contribution in [0.5, 0.6) is 0 Å². The second-order valence-corrected chi connectivity index (χ2v) is 13.0. The number of nitrogens with one attached hydrogen (secondary N) is 1. The summed E-state index contributed by atoms with van der Waals surface area (Å²) < 4.78 is 30.1. The molecule has 0 aliphatic rings. The molecule has 53 heavy (non-hydrogen) atoms. The maximum Gasteiger partial charge on any atom is 0.147 e. The normalized spacial score (nSPS) is 11.2. The average Bonchev–Trinajstić information content (AvgIpc) is 3.58. The highest BCUT2D eigenvalue weighted by molar-refractivity contribution is 6.09. The predicted octanol–water partition coefficient (Wildman–Crippen LogP) is 13.9. The van der Waals surface area contributed by atoms with Gasteiger partial charge in [0, 0.05) is 44.6 Å². The Morgan fingerprint density at radius 1 is 0.321 bits per heavy atom. The molecule has 1 aromatic heterocycles. The lowest BCUT2D eigenvalue weighted by Crippen LogP contribution is -2.11. The van der Waals surface area contributed by atoms with Gasteiger partial charge in [0.15, 0.2) is 0 Å². The highest BCUT2D eigenvalue weighted by atomic mass is 19.1. The Morgan fingerprint density at radius 2 is 0.660 bits per heavy atom. The maximum atomic E-state index is 15.1. The molecule has 0 fully saturated rings. The Bertz CT molecular complexity index is 2500. The van der Waals surface area contributed by atoms with Gasteiger partial charge in [0.05, 0.1) is 11.4 Å². The maximum absolute atomic E-state index is 15.1. The van der Waals surface area contributed by atoms with Crippen LogP contribution in [0.15, 0.2) is 194 Å². The molecule has 0 unspecified atom stereocenters. The van der Waals surface area contributed by atoms with Gasteiger partial charge >= 0.3 is 0 Å². The molecule has 1 N–H and O–H groups in total. The summed E-state index contributed by atoms with van der Waals surface area (Å²) in [6.45, 7) is 0. The van der Waals surface area contributed by atoms with Crippen molar-refractivity contribution >= 4 is 55.9 Å². The van der Waals surface area contributed by atoms with Gasteiger partial charge in [0.25, 0.3) is 0 Å². The van der Waals surface area contributed by atoms with E-state index in [0.29, 0.717) is 11.4 Å². The van der Waals surface area contributed by atoms with Crippen LogP contribution in [0.4, 0.5) is 42.9 Å². The third-order valence-electron chi connectivity index (χ3n) is 9.73. The van der Waals surface area contributed by atoms with E-state index < -0.39 is 0 Å². The summed E-state index contributed by atoms with van der Waals surface area (Å²) in [5, 5.41) is 2.26. The number of aromatic nitrogens is 1. The van der Waals surface area contributed by atoms with E-state index in [1.165, 1.54) is 12.1 Å². The number of aromatic amines is 1. The number of halogens is 2. The second-order valence-electron chi connectivity index (χ2n) is 13.0. The zero-order valence-electron chi connectivity index (χ0n) is 28.6. The van der Waals surface area contributed by atoms with Gasteiger partial charge in [-0.1, -0.05) is 97.1 Å². The minimum atomic E-state index is -0.280. The number of benzene rings is 8. The summed E-state index contributed by atoms with van der Waals surface area (Å²) in [4.78, 5) is 7.46. The number of fused-ring (bicyclic) bond motifs is 3. The molecule has 5 heteroatoms. The van der Waals surface area contributed by atoms with E-state index in [2.05, 4.69) is 65.6 Å². The number of hydrogen-bond donors (Lipinski definition) is 1. The van der Waals surface area contributed by atoms with Crippen molar-refractivity contribution in [2.24, 2.45) is 0 Å². The molecule has 9 aromatic rings. The van der Waals surface area contributed by atoms with Crippen LogP contribution in [0.25, 0.3) is 44.1 Å². The Balaban J connectivity index is 1.04. The molecule has 3 nitrogen and oxygen atoms in total. The smallest absolute Gasteiger partial charge is 0.147 e. The third-order valence-corrected chi connectivity index (χ3v) is 9.73. The first-order valence-electron chi connectivity index (χ1n) is 17.6. The molecule has 0 amide bonds. The van der Waals surface area contributed by atoms with Crippen molar-refractivity contribution in [3.8, 4) is 22.3 Å². The van der Waals surface area contributed by atoms with Gasteiger partial charge in [-0.25, -0.2) is 8.78 Å². The fraction of sp³-hybridized carbons (Fsp3) is 0. The lowest BCUT2D eigenvalue weighted by molar-refractivity contribution is 0.628. The van der Waals surface area contributed by atoms with E-state index in [-0.39, 0.29) is 11.6 Å². The van der Waals surface area contributed by atoms with Crippen LogP contribution < -0.4 is 9.80 Å². The van der Waals surface area contributed by atoms with Crippen molar-refractivity contribution in [2.45, 2.75) is 0 Å². The fourth-order valence-electron chi connectivity index (χ4n) is 7.14. The monoisotopic (exact) mass is 689 g/mol. The van der Waals surface area contributed by atoms with Crippen molar-refractivity contribution < 1.29 is 8.78 Å². The Hall–Kier alpha value is -6.98. The molecule has 0 atom stereocenters. The minimum Gasteiger partial charge on any atom is -0.355 e. The molecular weight excluding hydrogens is 657 g/mol. The van der Waals surface area contributed by atoms with Crippen LogP contribution >= 0.6 is 0 Å². The highest BCUT2D eigenvalue weighted by Gasteiger charge is 2.18. The first-order chi connectivity index (χ1) is 26.1. The number of para-hydroxylation sites is 4. The highest BCUT2D eigenvalue weighted by Crippen LogP contribution is 2.40. The molecule has 9 rings (SSSR count). The molecule has 0 spiro atoms. The molecule has 0 aliphatic carbocycles. The van der Waals surface area contributed by atoms with Crippen LogP contribution in [0.3, 0.4) is 0 Å². The molecule has 0 radical (unpaired) electrons. The quantitative estimate of drug-likeness (QED) is 0.172. The lowest BCUT2D eigenvalue weighted by Gasteiger charge is -2.26. The van der Waals surface area contributed by atoms with Gasteiger partial charge in [-0.2, -0.15) is 0 Å². The van der Waals surface area contributed by atoms with E-state index in [1.807, 2.05) is 107 Å². The molecule has 0 saturated carbocycles. The number of H-pyrrole nitrogens is 1.